The lowest BCUT2D eigenvalue weighted by molar-refractivity contribution is -0.121. The number of methoxy groups -OCH3 is 1. The SMILES string of the molecule is COc1ccc(NC(=O)C2C3CCC(C3)C2N)cc1Cl.Cl. The van der Waals surface area contributed by atoms with Crippen molar-refractivity contribution in [2.45, 2.75) is 25.3 Å². The molecule has 4 nitrogen and oxygen atoms in total. The molecule has 2 aliphatic carbocycles. The number of halogens is 2. The van der Waals surface area contributed by atoms with Crippen LogP contribution in [-0.2, 0) is 4.79 Å². The highest BCUT2D eigenvalue weighted by molar-refractivity contribution is 6.32. The van der Waals surface area contributed by atoms with E-state index in [9.17, 15) is 4.79 Å². The third-order valence-electron chi connectivity index (χ3n) is 4.70. The van der Waals surface area contributed by atoms with Gasteiger partial charge < -0.3 is 15.8 Å². The summed E-state index contributed by atoms with van der Waals surface area (Å²) in [6, 6.07) is 5.25. The highest BCUT2D eigenvalue weighted by Crippen LogP contribution is 2.48. The van der Waals surface area contributed by atoms with E-state index in [0.717, 1.165) is 12.8 Å². The van der Waals surface area contributed by atoms with E-state index in [4.69, 9.17) is 22.1 Å². The molecule has 116 valence electrons. The molecule has 1 amide bonds. The summed E-state index contributed by atoms with van der Waals surface area (Å²) in [5.41, 5.74) is 6.88. The van der Waals surface area contributed by atoms with Gasteiger partial charge in [-0.25, -0.2) is 0 Å². The first-order valence-corrected chi connectivity index (χ1v) is 7.38. The van der Waals surface area contributed by atoms with Gasteiger partial charge in [0.15, 0.2) is 0 Å². The van der Waals surface area contributed by atoms with Crippen LogP contribution in [0.2, 0.25) is 5.02 Å². The Bertz CT molecular complexity index is 536. The lowest BCUT2D eigenvalue weighted by atomic mass is 9.84. The number of nitrogens with two attached hydrogens (primary N) is 1. The third-order valence-corrected chi connectivity index (χ3v) is 5.00. The smallest absolute Gasteiger partial charge is 0.229 e. The van der Waals surface area contributed by atoms with Crippen LogP contribution < -0.4 is 15.8 Å². The molecule has 0 spiro atoms. The van der Waals surface area contributed by atoms with Crippen LogP contribution in [0.3, 0.4) is 0 Å². The molecule has 0 aliphatic heterocycles. The molecule has 3 rings (SSSR count). The number of amides is 1. The number of fused-ring (bicyclic) bond motifs is 2. The average molecular weight is 331 g/mol. The van der Waals surface area contributed by atoms with Crippen molar-refractivity contribution in [1.29, 1.82) is 0 Å². The lowest BCUT2D eigenvalue weighted by Crippen LogP contribution is -2.42. The second-order valence-electron chi connectivity index (χ2n) is 5.77. The fourth-order valence-electron chi connectivity index (χ4n) is 3.69. The van der Waals surface area contributed by atoms with E-state index in [0.29, 0.717) is 28.3 Å². The van der Waals surface area contributed by atoms with Crippen LogP contribution in [0.1, 0.15) is 19.3 Å². The van der Waals surface area contributed by atoms with Crippen molar-refractivity contribution in [2.24, 2.45) is 23.5 Å². The van der Waals surface area contributed by atoms with E-state index in [1.54, 1.807) is 25.3 Å². The zero-order valence-electron chi connectivity index (χ0n) is 11.8. The van der Waals surface area contributed by atoms with Crippen LogP contribution in [0.5, 0.6) is 5.75 Å². The Hall–Kier alpha value is -0.970. The largest absolute Gasteiger partial charge is 0.495 e. The summed E-state index contributed by atoms with van der Waals surface area (Å²) in [4.78, 5) is 12.4. The fraction of sp³-hybridized carbons (Fsp3) is 0.533. The molecule has 4 unspecified atom stereocenters. The number of anilines is 1. The summed E-state index contributed by atoms with van der Waals surface area (Å²) in [6.45, 7) is 0. The molecule has 1 aromatic carbocycles. The second kappa shape index (κ2) is 6.42. The second-order valence-corrected chi connectivity index (χ2v) is 6.18. The van der Waals surface area contributed by atoms with Gasteiger partial charge in [-0.05, 0) is 49.3 Å². The van der Waals surface area contributed by atoms with Gasteiger partial charge in [0.25, 0.3) is 0 Å². The number of hydrogen-bond acceptors (Lipinski definition) is 3. The quantitative estimate of drug-likeness (QED) is 0.895. The molecule has 4 atom stereocenters. The molecule has 21 heavy (non-hydrogen) atoms. The standard InChI is InChI=1S/C15H19ClN2O2.ClH/c1-20-12-5-4-10(7-11(12)16)18-15(19)13-8-2-3-9(6-8)14(13)17;/h4-5,7-9,13-14H,2-3,6,17H2,1H3,(H,18,19);1H. The van der Waals surface area contributed by atoms with Crippen molar-refractivity contribution in [3.8, 4) is 5.75 Å². The maximum atomic E-state index is 12.4. The van der Waals surface area contributed by atoms with Gasteiger partial charge in [0.05, 0.1) is 18.1 Å². The minimum Gasteiger partial charge on any atom is -0.495 e. The zero-order chi connectivity index (χ0) is 14.3. The predicted octanol–water partition coefficient (Wildman–Crippen LogP) is 3.08. The summed E-state index contributed by atoms with van der Waals surface area (Å²) >= 11 is 6.06. The maximum absolute atomic E-state index is 12.4. The molecule has 2 saturated carbocycles. The Labute approximate surface area is 135 Å². The summed E-state index contributed by atoms with van der Waals surface area (Å²) in [6.07, 6.45) is 3.40. The van der Waals surface area contributed by atoms with Crippen molar-refractivity contribution in [3.63, 3.8) is 0 Å². The fourth-order valence-corrected chi connectivity index (χ4v) is 3.95. The Kier molecular flexibility index (Phi) is 5.02. The number of hydrogen-bond donors (Lipinski definition) is 2. The predicted molar refractivity (Wildman–Crippen MR) is 86.2 cm³/mol. The van der Waals surface area contributed by atoms with E-state index in [1.165, 1.54) is 6.42 Å². The molecule has 1 aromatic rings. The summed E-state index contributed by atoms with van der Waals surface area (Å²) in [5.74, 6) is 1.53. The topological polar surface area (TPSA) is 64.3 Å². The number of ether oxygens (including phenoxy) is 1. The number of nitrogens with one attached hydrogen (secondary N) is 1. The molecule has 6 heteroatoms. The molecule has 2 fully saturated rings. The van der Waals surface area contributed by atoms with Gasteiger partial charge in [-0.1, -0.05) is 11.6 Å². The Balaban J connectivity index is 0.00000161. The molecule has 0 saturated heterocycles. The highest BCUT2D eigenvalue weighted by atomic mass is 35.5. The van der Waals surface area contributed by atoms with Crippen LogP contribution in [0.15, 0.2) is 18.2 Å². The lowest BCUT2D eigenvalue weighted by Gasteiger charge is -2.27. The van der Waals surface area contributed by atoms with Gasteiger partial charge in [0.1, 0.15) is 5.75 Å². The van der Waals surface area contributed by atoms with Crippen LogP contribution >= 0.6 is 24.0 Å². The minimum absolute atomic E-state index is 0. The van der Waals surface area contributed by atoms with E-state index < -0.39 is 0 Å². The summed E-state index contributed by atoms with van der Waals surface area (Å²) in [7, 11) is 1.56. The van der Waals surface area contributed by atoms with Crippen molar-refractivity contribution >= 4 is 35.6 Å². The molecule has 3 N–H and O–H groups in total. The molecule has 0 radical (unpaired) electrons. The van der Waals surface area contributed by atoms with Crippen LogP contribution in [0, 0.1) is 17.8 Å². The molecular formula is C15H20Cl2N2O2. The molecule has 2 bridgehead atoms. The summed E-state index contributed by atoms with van der Waals surface area (Å²) in [5, 5.41) is 3.42. The third kappa shape index (κ3) is 2.98. The normalized spacial score (nSPS) is 29.9. The van der Waals surface area contributed by atoms with E-state index in [2.05, 4.69) is 5.32 Å². The van der Waals surface area contributed by atoms with E-state index in [-0.39, 0.29) is 30.3 Å². The number of benzene rings is 1. The average Bonchev–Trinajstić information content (AvgIpc) is 2.99. The number of carbonyl (C=O) groups excluding carboxylic acids is 1. The van der Waals surface area contributed by atoms with Gasteiger partial charge in [-0.2, -0.15) is 0 Å². The van der Waals surface area contributed by atoms with E-state index in [1.807, 2.05) is 0 Å². The van der Waals surface area contributed by atoms with Gasteiger partial charge in [0, 0.05) is 11.7 Å². The Morgan fingerprint density at radius 2 is 2.10 bits per heavy atom. The number of carbonyl (C=O) groups is 1. The molecular weight excluding hydrogens is 311 g/mol. The first-order valence-electron chi connectivity index (χ1n) is 7.00. The van der Waals surface area contributed by atoms with Crippen molar-refractivity contribution in [1.82, 2.24) is 0 Å². The van der Waals surface area contributed by atoms with Crippen molar-refractivity contribution in [3.05, 3.63) is 23.2 Å². The zero-order valence-corrected chi connectivity index (χ0v) is 13.4. The van der Waals surface area contributed by atoms with Crippen molar-refractivity contribution < 1.29 is 9.53 Å². The van der Waals surface area contributed by atoms with Gasteiger partial charge >= 0.3 is 0 Å². The highest BCUT2D eigenvalue weighted by Gasteiger charge is 2.49. The first-order chi connectivity index (χ1) is 9.60. The van der Waals surface area contributed by atoms with Crippen LogP contribution in [0.25, 0.3) is 0 Å². The van der Waals surface area contributed by atoms with Gasteiger partial charge in [0.2, 0.25) is 5.91 Å². The van der Waals surface area contributed by atoms with Crippen molar-refractivity contribution in [2.75, 3.05) is 12.4 Å². The minimum atomic E-state index is -0.0605. The monoisotopic (exact) mass is 330 g/mol. The number of rotatable bonds is 3. The molecule has 2 aliphatic rings. The Morgan fingerprint density at radius 1 is 1.38 bits per heavy atom. The van der Waals surface area contributed by atoms with Gasteiger partial charge in [-0.15, -0.1) is 12.4 Å². The maximum Gasteiger partial charge on any atom is 0.229 e. The molecule has 0 aromatic heterocycles. The van der Waals surface area contributed by atoms with Crippen LogP contribution in [0.4, 0.5) is 5.69 Å². The molecule has 0 heterocycles. The first kappa shape index (κ1) is 16.4. The van der Waals surface area contributed by atoms with Crippen LogP contribution in [-0.4, -0.2) is 19.1 Å². The van der Waals surface area contributed by atoms with Gasteiger partial charge in [-0.3, -0.25) is 4.79 Å². The van der Waals surface area contributed by atoms with E-state index >= 15 is 0 Å². The summed E-state index contributed by atoms with van der Waals surface area (Å²) < 4.78 is 5.10. The Morgan fingerprint density at radius 3 is 2.67 bits per heavy atom.